The highest BCUT2D eigenvalue weighted by molar-refractivity contribution is 6.54. The van der Waals surface area contributed by atoms with Crippen molar-refractivity contribution >= 4 is 63.1 Å². The molecule has 0 saturated carbocycles. The van der Waals surface area contributed by atoms with Crippen LogP contribution >= 0.6 is 11.6 Å². The number of benzene rings is 6. The summed E-state index contributed by atoms with van der Waals surface area (Å²) < 4.78 is 2.04. The van der Waals surface area contributed by atoms with Gasteiger partial charge in [0.1, 0.15) is 6.54 Å². The molecule has 2 aromatic heterocycles. The molecule has 6 nitrogen and oxygen atoms in total. The van der Waals surface area contributed by atoms with Crippen LogP contribution in [0, 0.1) is 0 Å². The minimum Gasteiger partial charge on any atom is -0.871 e. The van der Waals surface area contributed by atoms with Crippen molar-refractivity contribution in [2.45, 2.75) is 58.9 Å². The third kappa shape index (κ3) is 14.0. The Hall–Kier alpha value is -9.75. The minimum atomic E-state index is -0.730. The molecule has 0 saturated heterocycles. The predicted molar refractivity (Wildman–Crippen MR) is 354 cm³/mol. The van der Waals surface area contributed by atoms with E-state index in [1.54, 1.807) is 12.2 Å². The number of anilines is 1. The monoisotopic (exact) mass is 1130 g/mol. The summed E-state index contributed by atoms with van der Waals surface area (Å²) in [7, 11) is 0. The summed E-state index contributed by atoms with van der Waals surface area (Å²) in [5, 5.41) is 15.2. The molecule has 0 radical (unpaired) electrons. The number of carbonyl (C=O) groups is 2. The van der Waals surface area contributed by atoms with Crippen molar-refractivity contribution in [1.29, 1.82) is 0 Å². The molecule has 0 unspecified atom stereocenters. The van der Waals surface area contributed by atoms with Gasteiger partial charge in [-0.3, -0.25) is 9.59 Å². The van der Waals surface area contributed by atoms with Crippen molar-refractivity contribution in [3.8, 4) is 22.5 Å². The summed E-state index contributed by atoms with van der Waals surface area (Å²) in [6, 6.07) is 66.4. The Morgan fingerprint density at radius 1 is 0.600 bits per heavy atom. The molecule has 4 aliphatic rings. The number of nitrogens with zero attached hydrogens (tertiary/aromatic N) is 3. The van der Waals surface area contributed by atoms with Gasteiger partial charge >= 0.3 is 0 Å². The van der Waals surface area contributed by atoms with Gasteiger partial charge in [0.2, 0.25) is 22.8 Å². The Balaban J connectivity index is 0.000000201. The maximum absolute atomic E-state index is 13.3. The SMILES string of the molecule is C=C.C=C.CCN1C(=CC2=C([O-])C(=Cc3ccc4ccccc4[n+]3CC)C(=O)C2=O)CCc2ccccc21.ClC1=C(/C=C\c2cc(-c3ccccc3)nc(-c3ccccc3)c2)CCC/C1=C\C=C1C=C(c2ccccc2)CC(c2ccccc2)=C1. The van der Waals surface area contributed by atoms with Gasteiger partial charge in [-0.15, -0.1) is 26.3 Å². The highest BCUT2D eigenvalue weighted by atomic mass is 35.5. The maximum atomic E-state index is 13.3. The molecule has 0 spiro atoms. The Morgan fingerprint density at radius 3 is 1.76 bits per heavy atom. The molecule has 0 bridgehead atoms. The van der Waals surface area contributed by atoms with Crippen LogP contribution in [0.1, 0.15) is 73.9 Å². The van der Waals surface area contributed by atoms with Crippen molar-refractivity contribution in [3.63, 3.8) is 0 Å². The number of halogens is 1. The molecule has 7 heteroatoms. The summed E-state index contributed by atoms with van der Waals surface area (Å²) in [4.78, 5) is 32.9. The molecule has 3 aliphatic carbocycles. The molecule has 0 atom stereocenters. The number of rotatable bonds is 11. The average molecular weight is 1130 g/mol. The molecular formula is C78H70ClN3O3. The first-order valence-electron chi connectivity index (χ1n) is 29.1. The fourth-order valence-corrected chi connectivity index (χ4v) is 11.6. The molecule has 3 heterocycles. The van der Waals surface area contributed by atoms with Crippen LogP contribution in [0.2, 0.25) is 0 Å². The Bertz CT molecular complexity index is 3910. The molecule has 1 aliphatic heterocycles. The van der Waals surface area contributed by atoms with Crippen LogP contribution in [-0.4, -0.2) is 23.1 Å². The predicted octanol–water partition coefficient (Wildman–Crippen LogP) is 17.8. The zero-order valence-corrected chi connectivity index (χ0v) is 49.3. The van der Waals surface area contributed by atoms with E-state index >= 15 is 0 Å². The summed E-state index contributed by atoms with van der Waals surface area (Å²) in [5.41, 5.74) is 18.8. The number of aryl methyl sites for hydroxylation is 2. The first-order chi connectivity index (χ1) is 41.7. The van der Waals surface area contributed by atoms with E-state index in [1.807, 2.05) is 79.1 Å². The van der Waals surface area contributed by atoms with Crippen molar-refractivity contribution in [2.75, 3.05) is 11.4 Å². The second-order valence-electron chi connectivity index (χ2n) is 20.6. The second-order valence-corrected chi connectivity index (χ2v) is 20.9. The van der Waals surface area contributed by atoms with E-state index in [0.29, 0.717) is 19.5 Å². The minimum absolute atomic E-state index is 0.0343. The Kier molecular flexibility index (Phi) is 20.4. The third-order valence-corrected chi connectivity index (χ3v) is 15.9. The van der Waals surface area contributed by atoms with Gasteiger partial charge in [0.25, 0.3) is 0 Å². The number of Topliss-reactive ketones (excluding diaryl/α,β-unsaturated/α-hetero) is 2. The first-order valence-corrected chi connectivity index (χ1v) is 29.4. The van der Waals surface area contributed by atoms with Crippen molar-refractivity contribution in [2.24, 2.45) is 0 Å². The lowest BCUT2D eigenvalue weighted by atomic mass is 9.87. The van der Waals surface area contributed by atoms with Gasteiger partial charge in [0, 0.05) is 68.8 Å². The smallest absolute Gasteiger partial charge is 0.233 e. The number of carbonyl (C=O) groups excluding carboxylic acids is 2. The summed E-state index contributed by atoms with van der Waals surface area (Å²) >= 11 is 7.12. The van der Waals surface area contributed by atoms with E-state index in [9.17, 15) is 14.7 Å². The number of ketones is 2. The summed E-state index contributed by atoms with van der Waals surface area (Å²) in [6.45, 7) is 17.4. The summed E-state index contributed by atoms with van der Waals surface area (Å²) in [6.07, 6.45) is 22.1. The van der Waals surface area contributed by atoms with E-state index in [4.69, 9.17) is 16.6 Å². The van der Waals surface area contributed by atoms with Gasteiger partial charge in [0.15, 0.2) is 0 Å². The van der Waals surface area contributed by atoms with Crippen LogP contribution in [0.5, 0.6) is 0 Å². The van der Waals surface area contributed by atoms with Crippen LogP contribution in [-0.2, 0) is 22.6 Å². The normalized spacial score (nSPS) is 16.3. The number of para-hydroxylation sites is 2. The van der Waals surface area contributed by atoms with Crippen LogP contribution in [0.25, 0.3) is 56.7 Å². The molecule has 0 N–H and O–H groups in total. The van der Waals surface area contributed by atoms with Gasteiger partial charge in [-0.05, 0) is 139 Å². The fraction of sp³-hybridized carbons (Fsp3) is 0.128. The van der Waals surface area contributed by atoms with E-state index in [-0.39, 0.29) is 11.1 Å². The quantitative estimate of drug-likeness (QED) is 0.0558. The van der Waals surface area contributed by atoms with Gasteiger partial charge in [0.05, 0.1) is 11.4 Å². The largest absolute Gasteiger partial charge is 0.871 e. The van der Waals surface area contributed by atoms with Crippen molar-refractivity contribution in [1.82, 2.24) is 4.98 Å². The number of aromatic nitrogens is 2. The zero-order valence-electron chi connectivity index (χ0n) is 48.5. The maximum Gasteiger partial charge on any atom is 0.233 e. The molecule has 6 aromatic carbocycles. The lowest BCUT2D eigenvalue weighted by molar-refractivity contribution is -0.669. The second kappa shape index (κ2) is 29.0. The average Bonchev–Trinajstić information content (AvgIpc) is 4.06. The van der Waals surface area contributed by atoms with Crippen LogP contribution in [0.3, 0.4) is 0 Å². The van der Waals surface area contributed by atoms with Crippen LogP contribution in [0.15, 0.2) is 301 Å². The third-order valence-electron chi connectivity index (χ3n) is 15.4. The Labute approximate surface area is 506 Å². The number of pyridine rings is 2. The van der Waals surface area contributed by atoms with E-state index < -0.39 is 17.3 Å². The molecule has 8 aromatic rings. The highest BCUT2D eigenvalue weighted by Gasteiger charge is 2.33. The van der Waals surface area contributed by atoms with Gasteiger partial charge < -0.3 is 10.0 Å². The van der Waals surface area contributed by atoms with Crippen LogP contribution < -0.4 is 14.6 Å². The number of hydrogen-bond donors (Lipinski definition) is 0. The molecule has 85 heavy (non-hydrogen) atoms. The molecule has 0 fully saturated rings. The van der Waals surface area contributed by atoms with E-state index in [1.165, 1.54) is 44.6 Å². The van der Waals surface area contributed by atoms with E-state index in [2.05, 4.69) is 201 Å². The lowest BCUT2D eigenvalue weighted by Gasteiger charge is -2.33. The van der Waals surface area contributed by atoms with E-state index in [0.717, 1.165) is 93.2 Å². The standard InChI is InChI=1S/C45H36ClN.C29H26N2O3.2C2H4/c46-45-39(26-24-33-28-41(35-14-5-1-6-15-35)32-42(29-33)36-16-7-2-8-17-36)22-13-23-40(45)27-25-34-30-43(37-18-9-3-10-19-37)47-44(31-34)38-20-11-4-12-21-38;1-3-30-21(15-13-19-9-5-7-11-25(19)30)17-23-27(32)24(29(34)28(23)33)18-22-16-14-20-10-6-8-12-26(20)31(22)4-2;2*1-2/h1-12,14-21,24-31H,13,22-23,32H2;5-13,15,17-18H,3-4,14,16H2,1-2H3;2*1-2H2/b27-25-,39-26+;;;. The van der Waals surface area contributed by atoms with Crippen molar-refractivity contribution in [3.05, 3.63) is 329 Å². The van der Waals surface area contributed by atoms with Gasteiger partial charge in [-0.1, -0.05) is 205 Å². The topological polar surface area (TPSA) is 77.2 Å². The number of fused-ring (bicyclic) bond motifs is 2. The molecule has 12 rings (SSSR count). The molecule has 0 amide bonds. The number of allylic oxidation sites excluding steroid dienone is 15. The summed E-state index contributed by atoms with van der Waals surface area (Å²) in [5.74, 6) is -1.94. The highest BCUT2D eigenvalue weighted by Crippen LogP contribution is 2.38. The molecule has 422 valence electrons. The first kappa shape index (κ1) is 59.9. The van der Waals surface area contributed by atoms with Crippen molar-refractivity contribution < 1.29 is 19.3 Å². The van der Waals surface area contributed by atoms with Crippen LogP contribution in [0.4, 0.5) is 5.69 Å². The number of hydrogen-bond acceptors (Lipinski definition) is 5. The Morgan fingerprint density at radius 2 is 1.16 bits per heavy atom. The van der Waals surface area contributed by atoms with Gasteiger partial charge in [-0.25, -0.2) is 4.98 Å². The fourth-order valence-electron chi connectivity index (χ4n) is 11.3. The van der Waals surface area contributed by atoms with Gasteiger partial charge in [-0.2, -0.15) is 4.57 Å². The zero-order chi connectivity index (χ0) is 59.7. The molecular weight excluding hydrogens is 1060 g/mol. The lowest BCUT2D eigenvalue weighted by Crippen LogP contribution is -2.36.